The standard InChI is InChI=1S/C28H31ClN2O3/c1-3-7-27(32)31(20-23-10-14-24(29)15-11-23)26(18-21-8-5-4-6-9-21)28(33)30-19-22-12-16-25(34-2)17-13-22/h4-6,8-17,26H,3,7,18-20H2,1-2H3,(H,30,33)/t26-/m0/s1. The summed E-state index contributed by atoms with van der Waals surface area (Å²) >= 11 is 6.05. The molecule has 6 heteroatoms. The lowest BCUT2D eigenvalue weighted by Crippen LogP contribution is -2.50. The highest BCUT2D eigenvalue weighted by Gasteiger charge is 2.29. The third kappa shape index (κ3) is 7.35. The number of hydrogen-bond donors (Lipinski definition) is 1. The van der Waals surface area contributed by atoms with Crippen molar-refractivity contribution in [2.45, 2.75) is 45.3 Å². The summed E-state index contributed by atoms with van der Waals surface area (Å²) in [5.41, 5.74) is 2.88. The molecule has 0 saturated heterocycles. The van der Waals surface area contributed by atoms with Crippen molar-refractivity contribution < 1.29 is 14.3 Å². The topological polar surface area (TPSA) is 58.6 Å². The molecule has 178 valence electrons. The van der Waals surface area contributed by atoms with Gasteiger partial charge in [-0.25, -0.2) is 0 Å². The fourth-order valence-electron chi connectivity index (χ4n) is 3.75. The van der Waals surface area contributed by atoms with E-state index in [1.807, 2.05) is 73.7 Å². The quantitative estimate of drug-likeness (QED) is 0.401. The Hall–Kier alpha value is -3.31. The maximum atomic E-state index is 13.5. The second-order valence-corrected chi connectivity index (χ2v) is 8.61. The van der Waals surface area contributed by atoms with Crippen LogP contribution in [0.5, 0.6) is 5.75 Å². The molecule has 1 N–H and O–H groups in total. The van der Waals surface area contributed by atoms with Gasteiger partial charge in [0.05, 0.1) is 7.11 Å². The minimum Gasteiger partial charge on any atom is -0.497 e. The van der Waals surface area contributed by atoms with Crippen molar-refractivity contribution in [3.05, 3.63) is 101 Å². The van der Waals surface area contributed by atoms with E-state index in [0.29, 0.717) is 37.4 Å². The van der Waals surface area contributed by atoms with E-state index in [4.69, 9.17) is 16.3 Å². The van der Waals surface area contributed by atoms with Crippen LogP contribution in [-0.4, -0.2) is 29.9 Å². The molecule has 2 amide bonds. The number of ether oxygens (including phenoxy) is 1. The van der Waals surface area contributed by atoms with Gasteiger partial charge in [-0.3, -0.25) is 9.59 Å². The zero-order valence-electron chi connectivity index (χ0n) is 19.7. The Labute approximate surface area is 206 Å². The Kier molecular flexibility index (Phi) is 9.53. The Bertz CT molecular complexity index is 1050. The van der Waals surface area contributed by atoms with Gasteiger partial charge in [0.25, 0.3) is 0 Å². The zero-order chi connectivity index (χ0) is 24.3. The number of nitrogens with one attached hydrogen (secondary N) is 1. The fraction of sp³-hybridized carbons (Fsp3) is 0.286. The summed E-state index contributed by atoms with van der Waals surface area (Å²) < 4.78 is 5.20. The van der Waals surface area contributed by atoms with E-state index in [1.165, 1.54) is 0 Å². The highest BCUT2D eigenvalue weighted by atomic mass is 35.5. The van der Waals surface area contributed by atoms with Gasteiger partial charge in [0.2, 0.25) is 11.8 Å². The maximum Gasteiger partial charge on any atom is 0.243 e. The third-order valence-corrected chi connectivity index (χ3v) is 5.88. The minimum atomic E-state index is -0.643. The monoisotopic (exact) mass is 478 g/mol. The molecule has 0 aliphatic heterocycles. The maximum absolute atomic E-state index is 13.5. The Balaban J connectivity index is 1.85. The van der Waals surface area contributed by atoms with E-state index in [-0.39, 0.29) is 11.8 Å². The summed E-state index contributed by atoms with van der Waals surface area (Å²) in [7, 11) is 1.62. The summed E-state index contributed by atoms with van der Waals surface area (Å²) in [6.07, 6.45) is 1.52. The van der Waals surface area contributed by atoms with E-state index in [1.54, 1.807) is 24.1 Å². The molecule has 0 radical (unpaired) electrons. The van der Waals surface area contributed by atoms with Crippen LogP contribution in [0.1, 0.15) is 36.5 Å². The molecule has 0 aromatic heterocycles. The lowest BCUT2D eigenvalue weighted by atomic mass is 10.0. The molecular formula is C28H31ClN2O3. The van der Waals surface area contributed by atoms with E-state index in [2.05, 4.69) is 5.32 Å². The van der Waals surface area contributed by atoms with Crippen molar-refractivity contribution in [3.63, 3.8) is 0 Å². The molecule has 0 unspecified atom stereocenters. The second-order valence-electron chi connectivity index (χ2n) is 8.17. The second kappa shape index (κ2) is 12.8. The molecule has 0 saturated carbocycles. The van der Waals surface area contributed by atoms with Crippen molar-refractivity contribution >= 4 is 23.4 Å². The molecule has 0 bridgehead atoms. The molecule has 0 aliphatic rings. The number of amides is 2. The van der Waals surface area contributed by atoms with Crippen LogP contribution in [-0.2, 0) is 29.1 Å². The number of rotatable bonds is 11. The molecule has 0 aliphatic carbocycles. The summed E-state index contributed by atoms with van der Waals surface area (Å²) in [4.78, 5) is 28.4. The van der Waals surface area contributed by atoms with Gasteiger partial charge in [0.15, 0.2) is 0 Å². The first kappa shape index (κ1) is 25.3. The van der Waals surface area contributed by atoms with Crippen LogP contribution in [0.2, 0.25) is 5.02 Å². The van der Waals surface area contributed by atoms with E-state index >= 15 is 0 Å². The average Bonchev–Trinajstić information content (AvgIpc) is 2.87. The van der Waals surface area contributed by atoms with Gasteiger partial charge in [-0.2, -0.15) is 0 Å². The molecule has 0 heterocycles. The molecule has 3 rings (SSSR count). The summed E-state index contributed by atoms with van der Waals surface area (Å²) in [5, 5.41) is 3.67. The number of carbonyl (C=O) groups excluding carboxylic acids is 2. The molecule has 0 spiro atoms. The molecule has 3 aromatic carbocycles. The number of methoxy groups -OCH3 is 1. The predicted molar refractivity (Wildman–Crippen MR) is 136 cm³/mol. The van der Waals surface area contributed by atoms with E-state index in [9.17, 15) is 9.59 Å². The van der Waals surface area contributed by atoms with Gasteiger partial charge in [0, 0.05) is 31.0 Å². The van der Waals surface area contributed by atoms with Gasteiger partial charge < -0.3 is 15.0 Å². The van der Waals surface area contributed by atoms with Crippen LogP contribution < -0.4 is 10.1 Å². The van der Waals surface area contributed by atoms with Gasteiger partial charge >= 0.3 is 0 Å². The van der Waals surface area contributed by atoms with Crippen LogP contribution in [0, 0.1) is 0 Å². The lowest BCUT2D eigenvalue weighted by molar-refractivity contribution is -0.141. The zero-order valence-corrected chi connectivity index (χ0v) is 20.4. The smallest absolute Gasteiger partial charge is 0.243 e. The third-order valence-electron chi connectivity index (χ3n) is 5.63. The number of nitrogens with zero attached hydrogens (tertiary/aromatic N) is 1. The summed E-state index contributed by atoms with van der Waals surface area (Å²) in [6, 6.07) is 24.1. The first-order chi connectivity index (χ1) is 16.5. The van der Waals surface area contributed by atoms with Crippen LogP contribution in [0.3, 0.4) is 0 Å². The minimum absolute atomic E-state index is 0.0435. The molecule has 3 aromatic rings. The van der Waals surface area contributed by atoms with Crippen molar-refractivity contribution in [2.75, 3.05) is 7.11 Å². The molecule has 5 nitrogen and oxygen atoms in total. The number of carbonyl (C=O) groups is 2. The highest BCUT2D eigenvalue weighted by Crippen LogP contribution is 2.18. The van der Waals surface area contributed by atoms with Gasteiger partial charge in [-0.05, 0) is 47.4 Å². The van der Waals surface area contributed by atoms with Crippen molar-refractivity contribution in [1.82, 2.24) is 10.2 Å². The summed E-state index contributed by atoms with van der Waals surface area (Å²) in [6.45, 7) is 2.67. The molecule has 1 atom stereocenters. The number of halogens is 1. The molecule has 34 heavy (non-hydrogen) atoms. The first-order valence-electron chi connectivity index (χ1n) is 11.5. The first-order valence-corrected chi connectivity index (χ1v) is 11.9. The van der Waals surface area contributed by atoms with Crippen molar-refractivity contribution in [1.29, 1.82) is 0 Å². The van der Waals surface area contributed by atoms with Crippen LogP contribution in [0.15, 0.2) is 78.9 Å². The lowest BCUT2D eigenvalue weighted by Gasteiger charge is -2.31. The van der Waals surface area contributed by atoms with E-state index < -0.39 is 6.04 Å². The fourth-order valence-corrected chi connectivity index (χ4v) is 3.87. The Morgan fingerprint density at radius 2 is 1.56 bits per heavy atom. The normalized spacial score (nSPS) is 11.5. The summed E-state index contributed by atoms with van der Waals surface area (Å²) in [5.74, 6) is 0.535. The Morgan fingerprint density at radius 1 is 0.912 bits per heavy atom. The molecule has 0 fully saturated rings. The van der Waals surface area contributed by atoms with Gasteiger partial charge in [0.1, 0.15) is 11.8 Å². The predicted octanol–water partition coefficient (Wildman–Crippen LogP) is 5.41. The Morgan fingerprint density at radius 3 is 2.18 bits per heavy atom. The number of benzene rings is 3. The van der Waals surface area contributed by atoms with Gasteiger partial charge in [-0.1, -0.05) is 73.1 Å². The SMILES string of the molecule is CCCC(=O)N(Cc1ccc(Cl)cc1)[C@@H](Cc1ccccc1)C(=O)NCc1ccc(OC)cc1. The average molecular weight is 479 g/mol. The molecular weight excluding hydrogens is 448 g/mol. The van der Waals surface area contributed by atoms with Crippen LogP contribution in [0.25, 0.3) is 0 Å². The highest BCUT2D eigenvalue weighted by molar-refractivity contribution is 6.30. The van der Waals surface area contributed by atoms with Crippen LogP contribution >= 0.6 is 11.6 Å². The number of hydrogen-bond acceptors (Lipinski definition) is 3. The van der Waals surface area contributed by atoms with E-state index in [0.717, 1.165) is 22.4 Å². The van der Waals surface area contributed by atoms with Crippen molar-refractivity contribution in [2.24, 2.45) is 0 Å². The van der Waals surface area contributed by atoms with Crippen molar-refractivity contribution in [3.8, 4) is 5.75 Å². The van der Waals surface area contributed by atoms with Gasteiger partial charge in [-0.15, -0.1) is 0 Å². The largest absolute Gasteiger partial charge is 0.497 e. The van der Waals surface area contributed by atoms with Crippen LogP contribution in [0.4, 0.5) is 0 Å².